The van der Waals surface area contributed by atoms with Gasteiger partial charge in [-0.15, -0.1) is 0 Å². The zero-order valence-electron chi connectivity index (χ0n) is 16.7. The van der Waals surface area contributed by atoms with E-state index in [1.165, 1.54) is 0 Å². The lowest BCUT2D eigenvalue weighted by molar-refractivity contribution is -0.134. The topological polar surface area (TPSA) is 68.3 Å². The molecule has 0 saturated carbocycles. The van der Waals surface area contributed by atoms with Crippen LogP contribution in [0.25, 0.3) is 10.9 Å². The van der Waals surface area contributed by atoms with E-state index in [1.54, 1.807) is 25.1 Å². The minimum Gasteiger partial charge on any atom is -0.424 e. The summed E-state index contributed by atoms with van der Waals surface area (Å²) in [4.78, 5) is 29.4. The molecule has 0 atom stereocenters. The fraction of sp³-hybridized carbons (Fsp3) is 0.227. The summed E-state index contributed by atoms with van der Waals surface area (Å²) in [5.74, 6) is -3.78. The molecule has 0 radical (unpaired) electrons. The van der Waals surface area contributed by atoms with Crippen molar-refractivity contribution >= 4 is 56.0 Å². The van der Waals surface area contributed by atoms with Gasteiger partial charge >= 0.3 is 5.97 Å². The first-order valence-corrected chi connectivity index (χ1v) is 10.6. The Morgan fingerprint density at radius 2 is 1.97 bits per heavy atom. The zero-order chi connectivity index (χ0) is 22.7. The fourth-order valence-corrected chi connectivity index (χ4v) is 3.56. The van der Waals surface area contributed by atoms with Crippen molar-refractivity contribution in [3.05, 3.63) is 62.7 Å². The Hall–Kier alpha value is -2.58. The molecule has 1 amide bonds. The predicted molar refractivity (Wildman–Crippen MR) is 119 cm³/mol. The second-order valence-corrected chi connectivity index (χ2v) is 8.13. The molecule has 9 heteroatoms. The standard InChI is InChI=1S/C22H18BrClF2N2O3/c1-3-4-5-18(29)31-17-10-13(25)9-15(26)20(17)28-22(30)19-11(2)21(24)27-16-7-6-12(23)8-14(16)19/h6-10H,3-5H2,1-2H3,(H,28,30). The SMILES string of the molecule is CCCCC(=O)Oc1cc(F)cc(F)c1NC(=O)c1c(C)c(Cl)nc2ccc(Br)cc12. The average molecular weight is 512 g/mol. The molecule has 0 spiro atoms. The lowest BCUT2D eigenvalue weighted by Crippen LogP contribution is -2.18. The Bertz CT molecular complexity index is 1190. The van der Waals surface area contributed by atoms with Gasteiger partial charge < -0.3 is 10.1 Å². The number of esters is 1. The molecular weight excluding hydrogens is 494 g/mol. The third-order valence-electron chi connectivity index (χ3n) is 4.57. The molecule has 0 unspecified atom stereocenters. The number of ether oxygens (including phenoxy) is 1. The maximum absolute atomic E-state index is 14.6. The van der Waals surface area contributed by atoms with Crippen molar-refractivity contribution < 1.29 is 23.1 Å². The highest BCUT2D eigenvalue weighted by Crippen LogP contribution is 2.33. The summed E-state index contributed by atoms with van der Waals surface area (Å²) in [5, 5.41) is 3.00. The van der Waals surface area contributed by atoms with E-state index in [0.29, 0.717) is 33.4 Å². The van der Waals surface area contributed by atoms with Gasteiger partial charge in [0.2, 0.25) is 0 Å². The highest BCUT2D eigenvalue weighted by Gasteiger charge is 2.22. The van der Waals surface area contributed by atoms with Crippen molar-refractivity contribution in [2.75, 3.05) is 5.32 Å². The molecule has 3 rings (SSSR count). The highest BCUT2D eigenvalue weighted by molar-refractivity contribution is 9.10. The van der Waals surface area contributed by atoms with Crippen molar-refractivity contribution in [1.82, 2.24) is 4.98 Å². The van der Waals surface area contributed by atoms with Gasteiger partial charge in [-0.3, -0.25) is 9.59 Å². The normalized spacial score (nSPS) is 10.9. The summed E-state index contributed by atoms with van der Waals surface area (Å²) in [6.07, 6.45) is 1.40. The lowest BCUT2D eigenvalue weighted by atomic mass is 10.0. The lowest BCUT2D eigenvalue weighted by Gasteiger charge is -2.15. The van der Waals surface area contributed by atoms with Gasteiger partial charge in [-0.2, -0.15) is 0 Å². The maximum atomic E-state index is 14.6. The van der Waals surface area contributed by atoms with Gasteiger partial charge in [-0.05, 0) is 37.1 Å². The quantitative estimate of drug-likeness (QED) is 0.230. The van der Waals surface area contributed by atoms with Crippen molar-refractivity contribution in [1.29, 1.82) is 0 Å². The summed E-state index contributed by atoms with van der Waals surface area (Å²) in [6.45, 7) is 3.50. The fourth-order valence-electron chi connectivity index (χ4n) is 3.02. The van der Waals surface area contributed by atoms with E-state index in [4.69, 9.17) is 16.3 Å². The van der Waals surface area contributed by atoms with Crippen molar-refractivity contribution in [3.8, 4) is 5.75 Å². The number of nitrogens with one attached hydrogen (secondary N) is 1. The number of pyridine rings is 1. The van der Waals surface area contributed by atoms with E-state index >= 15 is 0 Å². The number of hydrogen-bond donors (Lipinski definition) is 1. The summed E-state index contributed by atoms with van der Waals surface area (Å²) in [6, 6.07) is 6.56. The van der Waals surface area contributed by atoms with Crippen LogP contribution in [0.4, 0.5) is 14.5 Å². The summed E-state index contributed by atoms with van der Waals surface area (Å²) >= 11 is 9.54. The number of anilines is 1. The van der Waals surface area contributed by atoms with Crippen molar-refractivity contribution in [2.24, 2.45) is 0 Å². The molecule has 1 heterocycles. The Kier molecular flexibility index (Phi) is 7.23. The van der Waals surface area contributed by atoms with Gasteiger partial charge in [-0.1, -0.05) is 40.9 Å². The number of halogens is 4. The number of carbonyl (C=O) groups is 2. The van der Waals surface area contributed by atoms with E-state index in [0.717, 1.165) is 12.5 Å². The molecule has 0 aliphatic carbocycles. The van der Waals surface area contributed by atoms with Crippen LogP contribution in [0.3, 0.4) is 0 Å². The smallest absolute Gasteiger partial charge is 0.311 e. The van der Waals surface area contributed by atoms with Crippen LogP contribution in [0, 0.1) is 18.6 Å². The number of amides is 1. The second kappa shape index (κ2) is 9.70. The first-order valence-electron chi connectivity index (χ1n) is 9.47. The number of fused-ring (bicyclic) bond motifs is 1. The summed E-state index contributed by atoms with van der Waals surface area (Å²) in [7, 11) is 0. The molecule has 0 fully saturated rings. The van der Waals surface area contributed by atoms with E-state index in [1.807, 2.05) is 6.92 Å². The minimum atomic E-state index is -1.07. The van der Waals surface area contributed by atoms with Crippen molar-refractivity contribution in [2.45, 2.75) is 33.1 Å². The third kappa shape index (κ3) is 5.19. The van der Waals surface area contributed by atoms with Crippen LogP contribution >= 0.6 is 27.5 Å². The van der Waals surface area contributed by atoms with Gasteiger partial charge in [0.15, 0.2) is 11.6 Å². The number of hydrogen-bond acceptors (Lipinski definition) is 4. The van der Waals surface area contributed by atoms with Crippen LogP contribution in [0.15, 0.2) is 34.8 Å². The van der Waals surface area contributed by atoms with Crippen LogP contribution in [0.1, 0.15) is 42.1 Å². The van der Waals surface area contributed by atoms with Crippen molar-refractivity contribution in [3.63, 3.8) is 0 Å². The largest absolute Gasteiger partial charge is 0.424 e. The third-order valence-corrected chi connectivity index (χ3v) is 5.43. The van der Waals surface area contributed by atoms with E-state index in [-0.39, 0.29) is 17.1 Å². The number of benzene rings is 2. The molecule has 0 saturated heterocycles. The van der Waals surface area contributed by atoms with E-state index < -0.39 is 34.9 Å². The number of rotatable bonds is 6. The van der Waals surface area contributed by atoms with Gasteiger partial charge in [0.05, 0.1) is 11.1 Å². The zero-order valence-corrected chi connectivity index (χ0v) is 19.0. The number of aromatic nitrogens is 1. The first kappa shape index (κ1) is 23.1. The molecule has 1 aromatic heterocycles. The molecule has 2 aromatic carbocycles. The number of nitrogens with zero attached hydrogens (tertiary/aromatic N) is 1. The molecule has 0 aliphatic rings. The molecule has 31 heavy (non-hydrogen) atoms. The van der Waals surface area contributed by atoms with Gasteiger partial charge in [0.25, 0.3) is 5.91 Å². The highest BCUT2D eigenvalue weighted by atomic mass is 79.9. The molecule has 162 valence electrons. The number of unbranched alkanes of at least 4 members (excludes halogenated alkanes) is 1. The van der Waals surface area contributed by atoms with Crippen LogP contribution in [-0.4, -0.2) is 16.9 Å². The van der Waals surface area contributed by atoms with Crippen LogP contribution < -0.4 is 10.1 Å². The summed E-state index contributed by atoms with van der Waals surface area (Å²) in [5.41, 5.74) is 0.582. The Morgan fingerprint density at radius 1 is 1.23 bits per heavy atom. The van der Waals surface area contributed by atoms with Gasteiger partial charge in [0, 0.05) is 28.4 Å². The monoisotopic (exact) mass is 510 g/mol. The molecular formula is C22H18BrClF2N2O3. The average Bonchev–Trinajstić information content (AvgIpc) is 2.70. The summed E-state index contributed by atoms with van der Waals surface area (Å²) < 4.78 is 34.2. The van der Waals surface area contributed by atoms with Crippen LogP contribution in [-0.2, 0) is 4.79 Å². The van der Waals surface area contributed by atoms with Crippen LogP contribution in [0.5, 0.6) is 5.75 Å². The minimum absolute atomic E-state index is 0.0831. The van der Waals surface area contributed by atoms with E-state index in [2.05, 4.69) is 26.2 Å². The Labute approximate surface area is 190 Å². The first-order chi connectivity index (χ1) is 14.7. The van der Waals surface area contributed by atoms with Gasteiger partial charge in [0.1, 0.15) is 16.7 Å². The van der Waals surface area contributed by atoms with E-state index in [9.17, 15) is 18.4 Å². The number of carbonyl (C=O) groups excluding carboxylic acids is 2. The second-order valence-electron chi connectivity index (χ2n) is 6.86. The van der Waals surface area contributed by atoms with Gasteiger partial charge in [-0.25, -0.2) is 13.8 Å². The molecule has 0 aliphatic heterocycles. The molecule has 3 aromatic rings. The van der Waals surface area contributed by atoms with Crippen LogP contribution in [0.2, 0.25) is 5.15 Å². The maximum Gasteiger partial charge on any atom is 0.311 e. The molecule has 1 N–H and O–H groups in total. The molecule has 5 nitrogen and oxygen atoms in total. The molecule has 0 bridgehead atoms. The Balaban J connectivity index is 2.04. The predicted octanol–water partition coefficient (Wildman–Crippen LogP) is 6.59. The Morgan fingerprint density at radius 3 is 2.68 bits per heavy atom.